The Morgan fingerprint density at radius 3 is 2.80 bits per heavy atom. The summed E-state index contributed by atoms with van der Waals surface area (Å²) in [5, 5.41) is 8.63. The van der Waals surface area contributed by atoms with E-state index < -0.39 is 40.8 Å². The SMILES string of the molecule is O=C(Nc1nc2ccc(-c3c(Cl)c(F)c(C(F)F)c4[nH]ncc34)nc2s1)[C@@H]1C[C@@H]1F. The number of alkyl halides is 3. The van der Waals surface area contributed by atoms with E-state index in [0.717, 1.165) is 11.3 Å². The second-order valence-corrected chi connectivity index (χ2v) is 8.12. The van der Waals surface area contributed by atoms with Gasteiger partial charge in [-0.15, -0.1) is 0 Å². The quantitative estimate of drug-likeness (QED) is 0.411. The summed E-state index contributed by atoms with van der Waals surface area (Å²) in [6, 6.07) is 3.10. The number of hydrogen-bond donors (Lipinski definition) is 2. The first-order chi connectivity index (χ1) is 14.3. The fraction of sp³-hybridized carbons (Fsp3) is 0.222. The number of nitrogens with one attached hydrogen (secondary N) is 2. The van der Waals surface area contributed by atoms with E-state index in [2.05, 4.69) is 25.5 Å². The van der Waals surface area contributed by atoms with Gasteiger partial charge < -0.3 is 5.32 Å². The summed E-state index contributed by atoms with van der Waals surface area (Å²) in [6.07, 6.45) is -2.75. The van der Waals surface area contributed by atoms with Crippen LogP contribution in [-0.4, -0.2) is 32.2 Å². The third-order valence-electron chi connectivity index (χ3n) is 4.84. The van der Waals surface area contributed by atoms with E-state index in [0.29, 0.717) is 10.3 Å². The van der Waals surface area contributed by atoms with Crippen LogP contribution in [0.2, 0.25) is 5.02 Å². The molecule has 30 heavy (non-hydrogen) atoms. The van der Waals surface area contributed by atoms with E-state index >= 15 is 0 Å². The largest absolute Gasteiger partial charge is 0.302 e. The lowest BCUT2D eigenvalue weighted by Gasteiger charge is -2.11. The molecule has 0 aliphatic heterocycles. The Labute approximate surface area is 174 Å². The van der Waals surface area contributed by atoms with Crippen LogP contribution < -0.4 is 5.32 Å². The first-order valence-electron chi connectivity index (χ1n) is 8.70. The number of halogens is 5. The van der Waals surface area contributed by atoms with E-state index in [1.54, 1.807) is 6.07 Å². The first-order valence-corrected chi connectivity index (χ1v) is 9.89. The summed E-state index contributed by atoms with van der Waals surface area (Å²) >= 11 is 7.15. The van der Waals surface area contributed by atoms with Crippen LogP contribution in [0.3, 0.4) is 0 Å². The highest BCUT2D eigenvalue weighted by Gasteiger charge is 2.43. The minimum absolute atomic E-state index is 0.112. The maximum Gasteiger partial charge on any atom is 0.268 e. The van der Waals surface area contributed by atoms with E-state index in [-0.39, 0.29) is 33.7 Å². The molecule has 0 bridgehead atoms. The summed E-state index contributed by atoms with van der Waals surface area (Å²) in [4.78, 5) is 20.9. The number of aromatic amines is 1. The molecule has 12 heteroatoms. The smallest absolute Gasteiger partial charge is 0.268 e. The summed E-state index contributed by atoms with van der Waals surface area (Å²) in [5.74, 6) is -2.36. The molecule has 2 N–H and O–H groups in total. The third-order valence-corrected chi connectivity index (χ3v) is 6.07. The molecule has 154 valence electrons. The van der Waals surface area contributed by atoms with Crippen molar-refractivity contribution in [2.45, 2.75) is 19.0 Å². The molecule has 1 aliphatic rings. The molecule has 3 heterocycles. The lowest BCUT2D eigenvalue weighted by Crippen LogP contribution is -2.14. The summed E-state index contributed by atoms with van der Waals surface area (Å²) in [6.45, 7) is 0. The Bertz CT molecular complexity index is 1320. The van der Waals surface area contributed by atoms with E-state index in [4.69, 9.17) is 11.6 Å². The molecule has 5 rings (SSSR count). The molecule has 2 atom stereocenters. The van der Waals surface area contributed by atoms with Gasteiger partial charge in [0.1, 0.15) is 16.5 Å². The number of carbonyl (C=O) groups excluding carboxylic acids is 1. The van der Waals surface area contributed by atoms with Crippen molar-refractivity contribution in [1.82, 2.24) is 20.2 Å². The predicted molar refractivity (Wildman–Crippen MR) is 104 cm³/mol. The van der Waals surface area contributed by atoms with Crippen molar-refractivity contribution in [3.05, 3.63) is 34.7 Å². The van der Waals surface area contributed by atoms with Gasteiger partial charge in [0.05, 0.1) is 33.9 Å². The number of carbonyl (C=O) groups is 1. The van der Waals surface area contributed by atoms with Crippen LogP contribution in [0, 0.1) is 11.7 Å². The Kier molecular flexibility index (Phi) is 4.40. The van der Waals surface area contributed by atoms with Crippen molar-refractivity contribution in [2.24, 2.45) is 5.92 Å². The molecule has 4 aromatic rings. The van der Waals surface area contributed by atoms with Gasteiger partial charge in [0.25, 0.3) is 6.43 Å². The van der Waals surface area contributed by atoms with Crippen LogP contribution in [0.4, 0.5) is 22.7 Å². The van der Waals surface area contributed by atoms with Crippen molar-refractivity contribution < 1.29 is 22.4 Å². The highest BCUT2D eigenvalue weighted by Crippen LogP contribution is 2.42. The van der Waals surface area contributed by atoms with E-state index in [1.807, 2.05) is 0 Å². The first kappa shape index (κ1) is 19.2. The average Bonchev–Trinajstić information content (AvgIpc) is 3.08. The molecule has 1 aliphatic carbocycles. The number of nitrogens with zero attached hydrogens (tertiary/aromatic N) is 3. The highest BCUT2D eigenvalue weighted by atomic mass is 35.5. The zero-order valence-corrected chi connectivity index (χ0v) is 16.3. The van der Waals surface area contributed by atoms with Crippen molar-refractivity contribution in [1.29, 1.82) is 0 Å². The normalized spacial score (nSPS) is 18.5. The van der Waals surface area contributed by atoms with Crippen molar-refractivity contribution >= 4 is 55.2 Å². The number of amides is 1. The van der Waals surface area contributed by atoms with Gasteiger partial charge in [-0.25, -0.2) is 27.5 Å². The maximum atomic E-state index is 14.6. The Hall–Kier alpha value is -2.79. The van der Waals surface area contributed by atoms with Gasteiger partial charge in [-0.3, -0.25) is 9.89 Å². The monoisotopic (exact) mass is 455 g/mol. The number of H-pyrrole nitrogens is 1. The van der Waals surface area contributed by atoms with E-state index in [9.17, 15) is 22.4 Å². The van der Waals surface area contributed by atoms with Gasteiger partial charge in [-0.05, 0) is 18.6 Å². The van der Waals surface area contributed by atoms with Gasteiger partial charge in [0.15, 0.2) is 10.9 Å². The zero-order chi connectivity index (χ0) is 21.2. The van der Waals surface area contributed by atoms with Gasteiger partial charge in [0, 0.05) is 10.9 Å². The van der Waals surface area contributed by atoms with Crippen LogP contribution in [0.15, 0.2) is 18.3 Å². The molecule has 1 aromatic carbocycles. The number of rotatable bonds is 4. The molecule has 0 spiro atoms. The second-order valence-electron chi connectivity index (χ2n) is 6.76. The number of hydrogen-bond acceptors (Lipinski definition) is 5. The lowest BCUT2D eigenvalue weighted by molar-refractivity contribution is -0.117. The van der Waals surface area contributed by atoms with Crippen molar-refractivity contribution in [3.8, 4) is 11.3 Å². The number of thiazole rings is 1. The maximum absolute atomic E-state index is 14.6. The fourth-order valence-electron chi connectivity index (χ4n) is 3.24. The van der Waals surface area contributed by atoms with Gasteiger partial charge >= 0.3 is 0 Å². The van der Waals surface area contributed by atoms with Crippen LogP contribution >= 0.6 is 22.9 Å². The van der Waals surface area contributed by atoms with Gasteiger partial charge in [0.2, 0.25) is 5.91 Å². The summed E-state index contributed by atoms with van der Waals surface area (Å²) in [5.41, 5.74) is -0.221. The molecule has 1 amide bonds. The average molecular weight is 456 g/mol. The molecule has 0 saturated heterocycles. The molecule has 1 saturated carbocycles. The number of anilines is 1. The minimum atomic E-state index is -3.09. The summed E-state index contributed by atoms with van der Waals surface area (Å²) < 4.78 is 54.3. The molecule has 3 aromatic heterocycles. The number of pyridine rings is 1. The number of aromatic nitrogens is 4. The van der Waals surface area contributed by atoms with Crippen LogP contribution in [0.5, 0.6) is 0 Å². The Balaban J connectivity index is 1.59. The van der Waals surface area contributed by atoms with E-state index in [1.165, 1.54) is 12.3 Å². The number of benzene rings is 1. The molecular weight excluding hydrogens is 446 g/mol. The molecule has 0 radical (unpaired) electrons. The van der Waals surface area contributed by atoms with Crippen LogP contribution in [0.1, 0.15) is 18.4 Å². The molecule has 6 nitrogen and oxygen atoms in total. The standard InChI is InChI=1S/C18H10ClF4N5OS/c19-12-10(6-4-24-28-14(6)11(13(12)21)15(22)23)8-1-2-9-17(25-8)30-18(26-9)27-16(29)5-3-7(5)20/h1-2,4-5,7,15H,3H2,(H,24,28)(H,26,27,29)/t5-,7+/m1/s1. The second kappa shape index (κ2) is 6.88. The van der Waals surface area contributed by atoms with Gasteiger partial charge in [-0.1, -0.05) is 22.9 Å². The number of fused-ring (bicyclic) bond motifs is 2. The molecule has 1 fully saturated rings. The zero-order valence-electron chi connectivity index (χ0n) is 14.7. The minimum Gasteiger partial charge on any atom is -0.302 e. The topological polar surface area (TPSA) is 83.6 Å². The Morgan fingerprint density at radius 2 is 2.10 bits per heavy atom. The van der Waals surface area contributed by atoms with Crippen LogP contribution in [-0.2, 0) is 4.79 Å². The summed E-state index contributed by atoms with van der Waals surface area (Å²) in [7, 11) is 0. The molecular formula is C18H10ClF4N5OS. The van der Waals surface area contributed by atoms with Crippen molar-refractivity contribution in [3.63, 3.8) is 0 Å². The lowest BCUT2D eigenvalue weighted by atomic mass is 10.0. The molecule has 0 unspecified atom stereocenters. The predicted octanol–water partition coefficient (Wildman–Crippen LogP) is 5.26. The third kappa shape index (κ3) is 3.00. The Morgan fingerprint density at radius 1 is 1.33 bits per heavy atom. The van der Waals surface area contributed by atoms with Crippen LogP contribution in [0.25, 0.3) is 32.5 Å². The fourth-order valence-corrected chi connectivity index (χ4v) is 4.38. The van der Waals surface area contributed by atoms with Crippen molar-refractivity contribution in [2.75, 3.05) is 5.32 Å². The van der Waals surface area contributed by atoms with Gasteiger partial charge in [-0.2, -0.15) is 5.10 Å². The highest BCUT2D eigenvalue weighted by molar-refractivity contribution is 7.22.